The van der Waals surface area contributed by atoms with Crippen molar-refractivity contribution in [2.24, 2.45) is 0 Å². The summed E-state index contributed by atoms with van der Waals surface area (Å²) in [4.78, 5) is 18.6. The van der Waals surface area contributed by atoms with E-state index in [1.807, 2.05) is 48.3 Å². The molecule has 1 aromatic heterocycles. The summed E-state index contributed by atoms with van der Waals surface area (Å²) in [6, 6.07) is 22.3. The number of nitrogens with one attached hydrogen (secondary N) is 1. The van der Waals surface area contributed by atoms with Crippen molar-refractivity contribution in [3.63, 3.8) is 0 Å². The van der Waals surface area contributed by atoms with Gasteiger partial charge in [0.25, 0.3) is 5.91 Å². The second-order valence-corrected chi connectivity index (χ2v) is 5.41. The van der Waals surface area contributed by atoms with Crippen molar-refractivity contribution >= 4 is 23.0 Å². The van der Waals surface area contributed by atoms with Gasteiger partial charge in [-0.05, 0) is 36.4 Å². The first-order valence-electron chi connectivity index (χ1n) is 7.74. The summed E-state index contributed by atoms with van der Waals surface area (Å²) in [6.45, 7) is 0. The Morgan fingerprint density at radius 3 is 2.52 bits per heavy atom. The molecule has 0 saturated heterocycles. The predicted molar refractivity (Wildman–Crippen MR) is 97.9 cm³/mol. The van der Waals surface area contributed by atoms with Gasteiger partial charge >= 0.3 is 0 Å². The molecule has 1 N–H and O–H groups in total. The summed E-state index contributed by atoms with van der Waals surface area (Å²) in [5.41, 5.74) is 3.02. The van der Waals surface area contributed by atoms with Crippen molar-refractivity contribution in [2.45, 2.75) is 0 Å². The van der Waals surface area contributed by atoms with Gasteiger partial charge < -0.3 is 10.2 Å². The fourth-order valence-electron chi connectivity index (χ4n) is 2.43. The lowest BCUT2D eigenvalue weighted by molar-refractivity contribution is 0.102. The number of carbonyl (C=O) groups is 1. The molecule has 0 fully saturated rings. The highest BCUT2D eigenvalue weighted by atomic mass is 16.1. The number of hydrogen-bond donors (Lipinski definition) is 1. The number of carbonyl (C=O) groups excluding carboxylic acids is 1. The Kier molecular flexibility index (Phi) is 4.72. The molecule has 0 atom stereocenters. The summed E-state index contributed by atoms with van der Waals surface area (Å²) in [5.74, 6) is -0.356. The second kappa shape index (κ2) is 7.28. The summed E-state index contributed by atoms with van der Waals surface area (Å²) in [7, 11) is 1.93. The molecule has 3 rings (SSSR count). The van der Waals surface area contributed by atoms with Crippen LogP contribution in [0.4, 0.5) is 17.1 Å². The van der Waals surface area contributed by atoms with E-state index in [4.69, 9.17) is 5.26 Å². The molecule has 0 aliphatic heterocycles. The van der Waals surface area contributed by atoms with Crippen LogP contribution in [0.1, 0.15) is 16.1 Å². The van der Waals surface area contributed by atoms with Crippen LogP contribution >= 0.6 is 0 Å². The molecule has 25 heavy (non-hydrogen) atoms. The topological polar surface area (TPSA) is 69.0 Å². The van der Waals surface area contributed by atoms with E-state index in [9.17, 15) is 4.79 Å². The van der Waals surface area contributed by atoms with Gasteiger partial charge in [0, 0.05) is 24.6 Å². The van der Waals surface area contributed by atoms with Crippen LogP contribution in [0.2, 0.25) is 0 Å². The Bertz CT molecular complexity index is 932. The van der Waals surface area contributed by atoms with Gasteiger partial charge in [-0.25, -0.2) is 0 Å². The Hall–Kier alpha value is -3.65. The van der Waals surface area contributed by atoms with Crippen LogP contribution < -0.4 is 10.2 Å². The van der Waals surface area contributed by atoms with Crippen LogP contribution in [0.25, 0.3) is 0 Å². The SMILES string of the molecule is CN(c1ccccc1)c1ccnc(C(=O)Nc2ccccc2C#N)c1. The number of nitriles is 1. The molecule has 3 aromatic rings. The Balaban J connectivity index is 1.84. The Labute approximate surface area is 146 Å². The first-order chi connectivity index (χ1) is 12.2. The lowest BCUT2D eigenvalue weighted by Gasteiger charge is -2.19. The summed E-state index contributed by atoms with van der Waals surface area (Å²) >= 11 is 0. The average molecular weight is 328 g/mol. The average Bonchev–Trinajstić information content (AvgIpc) is 2.68. The number of pyridine rings is 1. The van der Waals surface area contributed by atoms with E-state index < -0.39 is 0 Å². The third-order valence-corrected chi connectivity index (χ3v) is 3.80. The lowest BCUT2D eigenvalue weighted by Crippen LogP contribution is -2.16. The van der Waals surface area contributed by atoms with Crippen LogP contribution in [0.3, 0.4) is 0 Å². The number of amides is 1. The van der Waals surface area contributed by atoms with Crippen LogP contribution in [0.5, 0.6) is 0 Å². The van der Waals surface area contributed by atoms with E-state index in [2.05, 4.69) is 16.4 Å². The highest BCUT2D eigenvalue weighted by Gasteiger charge is 2.12. The van der Waals surface area contributed by atoms with Gasteiger partial charge in [0.15, 0.2) is 0 Å². The van der Waals surface area contributed by atoms with Crippen molar-refractivity contribution in [3.8, 4) is 6.07 Å². The molecule has 0 radical (unpaired) electrons. The van der Waals surface area contributed by atoms with Crippen molar-refractivity contribution in [2.75, 3.05) is 17.3 Å². The zero-order valence-electron chi connectivity index (χ0n) is 13.7. The molecule has 1 amide bonds. The molecule has 0 saturated carbocycles. The van der Waals surface area contributed by atoms with E-state index >= 15 is 0 Å². The van der Waals surface area contributed by atoms with Gasteiger partial charge in [-0.1, -0.05) is 30.3 Å². The van der Waals surface area contributed by atoms with Gasteiger partial charge in [-0.3, -0.25) is 9.78 Å². The standard InChI is InChI=1S/C20H16N4O/c1-24(16-8-3-2-4-9-16)17-11-12-22-19(13-17)20(25)23-18-10-6-5-7-15(18)14-21/h2-13H,1H3,(H,23,25). The quantitative estimate of drug-likeness (QED) is 0.786. The number of nitrogens with zero attached hydrogens (tertiary/aromatic N) is 3. The molecular formula is C20H16N4O. The minimum atomic E-state index is -0.356. The van der Waals surface area contributed by atoms with Gasteiger partial charge in [-0.15, -0.1) is 0 Å². The van der Waals surface area contributed by atoms with E-state index in [0.29, 0.717) is 11.3 Å². The summed E-state index contributed by atoms with van der Waals surface area (Å²) in [5, 5.41) is 11.9. The van der Waals surface area contributed by atoms with Crippen molar-refractivity contribution in [1.82, 2.24) is 4.98 Å². The maximum Gasteiger partial charge on any atom is 0.274 e. The molecule has 122 valence electrons. The van der Waals surface area contributed by atoms with Gasteiger partial charge in [0.1, 0.15) is 11.8 Å². The number of hydrogen-bond acceptors (Lipinski definition) is 4. The smallest absolute Gasteiger partial charge is 0.274 e. The van der Waals surface area contributed by atoms with E-state index in [1.165, 1.54) is 0 Å². The lowest BCUT2D eigenvalue weighted by atomic mass is 10.2. The van der Waals surface area contributed by atoms with Gasteiger partial charge in [-0.2, -0.15) is 5.26 Å². The third-order valence-electron chi connectivity index (χ3n) is 3.80. The van der Waals surface area contributed by atoms with E-state index in [-0.39, 0.29) is 11.6 Å². The first kappa shape index (κ1) is 16.2. The molecule has 2 aromatic carbocycles. The minimum Gasteiger partial charge on any atom is -0.345 e. The molecule has 0 bridgehead atoms. The molecule has 0 aliphatic rings. The highest BCUT2D eigenvalue weighted by molar-refractivity contribution is 6.04. The maximum absolute atomic E-state index is 12.5. The molecule has 5 nitrogen and oxygen atoms in total. The Morgan fingerprint density at radius 2 is 1.76 bits per heavy atom. The minimum absolute atomic E-state index is 0.285. The zero-order valence-corrected chi connectivity index (χ0v) is 13.7. The molecule has 0 spiro atoms. The first-order valence-corrected chi connectivity index (χ1v) is 7.74. The van der Waals surface area contributed by atoms with Crippen molar-refractivity contribution < 1.29 is 4.79 Å². The fourth-order valence-corrected chi connectivity index (χ4v) is 2.43. The summed E-state index contributed by atoms with van der Waals surface area (Å²) in [6.07, 6.45) is 1.60. The molecule has 0 aliphatic carbocycles. The van der Waals surface area contributed by atoms with Crippen LogP contribution in [-0.4, -0.2) is 17.9 Å². The fraction of sp³-hybridized carbons (Fsp3) is 0.0500. The van der Waals surface area contributed by atoms with Gasteiger partial charge in [0.2, 0.25) is 0 Å². The molecular weight excluding hydrogens is 312 g/mol. The van der Waals surface area contributed by atoms with E-state index in [1.54, 1.807) is 36.5 Å². The largest absolute Gasteiger partial charge is 0.345 e. The second-order valence-electron chi connectivity index (χ2n) is 5.41. The molecule has 5 heteroatoms. The molecule has 0 unspecified atom stereocenters. The predicted octanol–water partition coefficient (Wildman–Crippen LogP) is 3.97. The number of rotatable bonds is 4. The Morgan fingerprint density at radius 1 is 1.04 bits per heavy atom. The van der Waals surface area contributed by atoms with Crippen molar-refractivity contribution in [1.29, 1.82) is 5.26 Å². The van der Waals surface area contributed by atoms with Crippen LogP contribution in [0, 0.1) is 11.3 Å². The number of para-hydroxylation sites is 2. The number of aromatic nitrogens is 1. The normalized spacial score (nSPS) is 9.92. The van der Waals surface area contributed by atoms with Crippen LogP contribution in [0.15, 0.2) is 72.9 Å². The summed E-state index contributed by atoms with van der Waals surface area (Å²) < 4.78 is 0. The highest BCUT2D eigenvalue weighted by Crippen LogP contribution is 2.23. The monoisotopic (exact) mass is 328 g/mol. The third kappa shape index (κ3) is 3.65. The van der Waals surface area contributed by atoms with Crippen LogP contribution in [-0.2, 0) is 0 Å². The van der Waals surface area contributed by atoms with E-state index in [0.717, 1.165) is 11.4 Å². The number of benzene rings is 2. The zero-order chi connectivity index (χ0) is 17.6. The van der Waals surface area contributed by atoms with Crippen molar-refractivity contribution in [3.05, 3.63) is 84.2 Å². The number of anilines is 3. The van der Waals surface area contributed by atoms with Gasteiger partial charge in [0.05, 0.1) is 11.3 Å². The molecule has 1 heterocycles. The maximum atomic E-state index is 12.5.